The van der Waals surface area contributed by atoms with Gasteiger partial charge in [-0.25, -0.2) is 19.3 Å². The number of fused-ring (bicyclic) bond motifs is 1. The number of ether oxygens (including phenoxy) is 1. The maximum Gasteiger partial charge on any atom is 0.316 e. The zero-order chi connectivity index (χ0) is 22.9. The summed E-state index contributed by atoms with van der Waals surface area (Å²) in [5.41, 5.74) is 3.22. The fourth-order valence-corrected chi connectivity index (χ4v) is 4.23. The lowest BCUT2D eigenvalue weighted by molar-refractivity contribution is 0.380. The van der Waals surface area contributed by atoms with E-state index in [4.69, 9.17) is 4.74 Å². The molecule has 0 aliphatic rings. The van der Waals surface area contributed by atoms with Crippen LogP contribution in [0.4, 0.5) is 4.39 Å². The molecule has 4 aromatic rings. The van der Waals surface area contributed by atoms with Gasteiger partial charge in [-0.1, -0.05) is 6.07 Å². The SMILES string of the molecule is COc1ncc(-c2ccc3ncc(/C=N/N(C)S(=O)(=O)c4cc(F)ccc4C)n3c2)cn1. The zero-order valence-corrected chi connectivity index (χ0v) is 18.3. The molecule has 0 amide bonds. The van der Waals surface area contributed by atoms with Gasteiger partial charge in [0.15, 0.2) is 0 Å². The average molecular weight is 454 g/mol. The van der Waals surface area contributed by atoms with Crippen LogP contribution < -0.4 is 4.74 Å². The van der Waals surface area contributed by atoms with Gasteiger partial charge in [0.05, 0.1) is 30.1 Å². The average Bonchev–Trinajstić information content (AvgIpc) is 3.21. The number of sulfonamides is 1. The number of hydrogen-bond donors (Lipinski definition) is 0. The summed E-state index contributed by atoms with van der Waals surface area (Å²) < 4.78 is 46.8. The fourth-order valence-electron chi connectivity index (χ4n) is 3.03. The molecule has 0 saturated carbocycles. The summed E-state index contributed by atoms with van der Waals surface area (Å²) in [4.78, 5) is 12.4. The van der Waals surface area contributed by atoms with E-state index >= 15 is 0 Å². The third kappa shape index (κ3) is 4.02. The Bertz CT molecular complexity index is 1420. The van der Waals surface area contributed by atoms with Crippen molar-refractivity contribution in [1.82, 2.24) is 23.8 Å². The van der Waals surface area contributed by atoms with E-state index < -0.39 is 15.8 Å². The second-order valence-corrected chi connectivity index (χ2v) is 8.80. The molecule has 1 aromatic carbocycles. The van der Waals surface area contributed by atoms with Crippen molar-refractivity contribution in [3.8, 4) is 17.1 Å². The first-order chi connectivity index (χ1) is 15.3. The largest absolute Gasteiger partial charge is 0.467 e. The van der Waals surface area contributed by atoms with E-state index in [2.05, 4.69) is 20.1 Å². The van der Waals surface area contributed by atoms with Gasteiger partial charge in [0.1, 0.15) is 11.5 Å². The molecule has 0 N–H and O–H groups in total. The van der Waals surface area contributed by atoms with Crippen molar-refractivity contribution in [2.45, 2.75) is 11.8 Å². The Morgan fingerprint density at radius 3 is 2.56 bits per heavy atom. The molecule has 0 bridgehead atoms. The Morgan fingerprint density at radius 1 is 1.09 bits per heavy atom. The van der Waals surface area contributed by atoms with Gasteiger partial charge in [-0.3, -0.25) is 4.40 Å². The quantitative estimate of drug-likeness (QED) is 0.328. The molecule has 0 saturated heterocycles. The second-order valence-electron chi connectivity index (χ2n) is 6.88. The van der Waals surface area contributed by atoms with Gasteiger partial charge in [0.25, 0.3) is 10.0 Å². The van der Waals surface area contributed by atoms with Crippen LogP contribution in [0.25, 0.3) is 16.8 Å². The molecule has 0 unspecified atom stereocenters. The summed E-state index contributed by atoms with van der Waals surface area (Å²) >= 11 is 0. The summed E-state index contributed by atoms with van der Waals surface area (Å²) in [5.74, 6) is -0.636. The number of rotatable bonds is 6. The van der Waals surface area contributed by atoms with Crippen molar-refractivity contribution in [3.63, 3.8) is 0 Å². The predicted octanol–water partition coefficient (Wildman–Crippen LogP) is 2.90. The van der Waals surface area contributed by atoms with Crippen molar-refractivity contribution in [2.24, 2.45) is 5.10 Å². The third-order valence-electron chi connectivity index (χ3n) is 4.81. The Balaban J connectivity index is 1.65. The number of pyridine rings is 1. The van der Waals surface area contributed by atoms with Gasteiger partial charge in [0, 0.05) is 36.8 Å². The van der Waals surface area contributed by atoms with Crippen LogP contribution in [0.1, 0.15) is 11.3 Å². The van der Waals surface area contributed by atoms with Crippen LogP contribution in [0, 0.1) is 12.7 Å². The van der Waals surface area contributed by atoms with Crippen molar-refractivity contribution >= 4 is 21.9 Å². The van der Waals surface area contributed by atoms with Gasteiger partial charge >= 0.3 is 6.01 Å². The van der Waals surface area contributed by atoms with Crippen molar-refractivity contribution in [3.05, 3.63) is 72.2 Å². The molecular formula is C21H19FN6O3S. The smallest absolute Gasteiger partial charge is 0.316 e. The standard InChI is InChI=1S/C21H19FN6O3S/c1-14-4-6-17(22)8-19(14)32(29,30)27(2)26-12-18-11-23-20-7-5-15(13-28(18)20)16-9-24-21(31-3)25-10-16/h4-13H,1-3H3/b26-12+. The molecule has 0 radical (unpaired) electrons. The van der Waals surface area contributed by atoms with Crippen molar-refractivity contribution < 1.29 is 17.5 Å². The van der Waals surface area contributed by atoms with Crippen LogP contribution in [0.3, 0.4) is 0 Å². The first-order valence-electron chi connectivity index (χ1n) is 9.42. The lowest BCUT2D eigenvalue weighted by atomic mass is 10.1. The van der Waals surface area contributed by atoms with Crippen LogP contribution >= 0.6 is 0 Å². The van der Waals surface area contributed by atoms with E-state index in [9.17, 15) is 12.8 Å². The first-order valence-corrected chi connectivity index (χ1v) is 10.9. The minimum absolute atomic E-state index is 0.142. The van der Waals surface area contributed by atoms with Gasteiger partial charge in [-0.2, -0.15) is 17.9 Å². The Morgan fingerprint density at radius 2 is 1.84 bits per heavy atom. The van der Waals surface area contributed by atoms with Crippen LogP contribution in [-0.2, 0) is 10.0 Å². The number of aromatic nitrogens is 4. The number of methoxy groups -OCH3 is 1. The van der Waals surface area contributed by atoms with Crippen molar-refractivity contribution in [1.29, 1.82) is 0 Å². The third-order valence-corrected chi connectivity index (χ3v) is 6.59. The van der Waals surface area contributed by atoms with Crippen LogP contribution in [0.2, 0.25) is 0 Å². The number of hydrogen-bond acceptors (Lipinski definition) is 7. The van der Waals surface area contributed by atoms with E-state index in [1.807, 2.05) is 18.3 Å². The maximum absolute atomic E-state index is 13.6. The van der Waals surface area contributed by atoms with Crippen LogP contribution in [0.5, 0.6) is 6.01 Å². The van der Waals surface area contributed by atoms with Crippen molar-refractivity contribution in [2.75, 3.05) is 14.2 Å². The minimum atomic E-state index is -4.02. The molecule has 0 spiro atoms. The number of nitrogens with zero attached hydrogens (tertiary/aromatic N) is 6. The highest BCUT2D eigenvalue weighted by Crippen LogP contribution is 2.22. The molecular weight excluding hydrogens is 435 g/mol. The molecule has 4 rings (SSSR count). The highest BCUT2D eigenvalue weighted by molar-refractivity contribution is 7.89. The normalized spacial score (nSPS) is 11.9. The minimum Gasteiger partial charge on any atom is -0.467 e. The number of aryl methyl sites for hydroxylation is 1. The first kappa shape index (κ1) is 21.4. The molecule has 9 nitrogen and oxygen atoms in total. The molecule has 164 valence electrons. The van der Waals surface area contributed by atoms with Gasteiger partial charge < -0.3 is 4.74 Å². The van der Waals surface area contributed by atoms with Crippen LogP contribution in [-0.4, -0.2) is 52.6 Å². The molecule has 0 aliphatic heterocycles. The topological polar surface area (TPSA) is 102 Å². The molecule has 0 aliphatic carbocycles. The number of halogens is 1. The summed E-state index contributed by atoms with van der Waals surface area (Å²) in [6, 6.07) is 7.55. The van der Waals surface area contributed by atoms with E-state index in [0.717, 1.165) is 21.6 Å². The number of benzene rings is 1. The molecule has 3 aromatic heterocycles. The Hall–Kier alpha value is -3.86. The highest BCUT2D eigenvalue weighted by Gasteiger charge is 2.22. The molecule has 3 heterocycles. The van der Waals surface area contributed by atoms with E-state index in [1.54, 1.807) is 29.9 Å². The second kappa shape index (κ2) is 8.35. The van der Waals surface area contributed by atoms with E-state index in [1.165, 1.54) is 32.5 Å². The lowest BCUT2D eigenvalue weighted by Crippen LogP contribution is -2.23. The lowest BCUT2D eigenvalue weighted by Gasteiger charge is -2.15. The van der Waals surface area contributed by atoms with Crippen LogP contribution in [0.15, 0.2) is 65.1 Å². The maximum atomic E-state index is 13.6. The van der Waals surface area contributed by atoms with Gasteiger partial charge in [0.2, 0.25) is 0 Å². The molecule has 0 fully saturated rings. The number of hydrazone groups is 1. The predicted molar refractivity (Wildman–Crippen MR) is 116 cm³/mol. The molecule has 0 atom stereocenters. The Labute approximate surface area is 183 Å². The summed E-state index contributed by atoms with van der Waals surface area (Å²) in [7, 11) is -1.24. The zero-order valence-electron chi connectivity index (χ0n) is 17.5. The summed E-state index contributed by atoms with van der Waals surface area (Å²) in [5, 5.41) is 4.06. The monoisotopic (exact) mass is 454 g/mol. The summed E-state index contributed by atoms with van der Waals surface area (Å²) in [6.45, 7) is 1.60. The molecule has 11 heteroatoms. The van der Waals surface area contributed by atoms with E-state index in [-0.39, 0.29) is 10.9 Å². The molecule has 32 heavy (non-hydrogen) atoms. The van der Waals surface area contributed by atoms with Gasteiger partial charge in [-0.15, -0.1) is 0 Å². The van der Waals surface area contributed by atoms with Gasteiger partial charge in [-0.05, 0) is 36.8 Å². The highest BCUT2D eigenvalue weighted by atomic mass is 32.2. The Kier molecular flexibility index (Phi) is 5.57. The summed E-state index contributed by atoms with van der Waals surface area (Å²) in [6.07, 6.45) is 8.04. The van der Waals surface area contributed by atoms with E-state index in [0.29, 0.717) is 16.9 Å². The fraction of sp³-hybridized carbons (Fsp3) is 0.143. The number of imidazole rings is 1.